The number of para-hydroxylation sites is 3. The first-order valence-corrected chi connectivity index (χ1v) is 23.7. The third-order valence-electron chi connectivity index (χ3n) is 12.5. The van der Waals surface area contributed by atoms with E-state index >= 15 is 0 Å². The molecule has 9 rings (SSSR count). The summed E-state index contributed by atoms with van der Waals surface area (Å²) in [5, 5.41) is 3.91. The van der Waals surface area contributed by atoms with Gasteiger partial charge in [-0.05, 0) is 85.0 Å². The Morgan fingerprint density at radius 3 is 2.33 bits per heavy atom. The number of nitrogens with zero attached hydrogens (tertiary/aromatic N) is 3. The summed E-state index contributed by atoms with van der Waals surface area (Å²) in [6, 6.07) is 32.5. The van der Waals surface area contributed by atoms with Crippen molar-refractivity contribution < 1.29 is 13.6 Å². The Morgan fingerprint density at radius 1 is 0.833 bits per heavy atom. The van der Waals surface area contributed by atoms with Crippen LogP contribution in [0.25, 0.3) is 61.3 Å². The van der Waals surface area contributed by atoms with Gasteiger partial charge in [0.2, 0.25) is 5.69 Å². The number of hydrogen-bond donors (Lipinski definition) is 0. The first-order valence-electron chi connectivity index (χ1n) is 20.2. The lowest BCUT2D eigenvalue weighted by molar-refractivity contribution is -0.716. The highest BCUT2D eigenvalue weighted by Gasteiger charge is 2.45. The zero-order chi connectivity index (χ0) is 37.8. The van der Waals surface area contributed by atoms with Gasteiger partial charge in [-0.15, -0.1) is 0 Å². The molecule has 2 atom stereocenters. The van der Waals surface area contributed by atoms with Crippen molar-refractivity contribution in [2.75, 3.05) is 0 Å². The van der Waals surface area contributed by atoms with Crippen molar-refractivity contribution >= 4 is 51.9 Å². The monoisotopic (exact) mass is 729 g/mol. The van der Waals surface area contributed by atoms with E-state index in [0.29, 0.717) is 17.8 Å². The predicted molar refractivity (Wildman–Crippen MR) is 229 cm³/mol. The van der Waals surface area contributed by atoms with Crippen molar-refractivity contribution in [1.29, 1.82) is 0 Å². The molecular weight excluding hydrogens is 675 g/mol. The van der Waals surface area contributed by atoms with E-state index in [1.165, 1.54) is 66.7 Å². The lowest BCUT2D eigenvalue weighted by Crippen LogP contribution is -2.54. The molecule has 4 nitrogen and oxygen atoms in total. The van der Waals surface area contributed by atoms with Crippen molar-refractivity contribution in [2.45, 2.75) is 110 Å². The van der Waals surface area contributed by atoms with Crippen LogP contribution in [-0.2, 0) is 6.42 Å². The van der Waals surface area contributed by atoms with E-state index in [1.54, 1.807) is 5.19 Å². The second-order valence-corrected chi connectivity index (χ2v) is 23.0. The van der Waals surface area contributed by atoms with Crippen LogP contribution in [0.4, 0.5) is 0 Å². The molecule has 5 heteroatoms. The second-order valence-electron chi connectivity index (χ2n) is 18.0. The maximum Gasteiger partial charge on any atom is 0.299 e. The number of hydrogen-bond acceptors (Lipinski definition) is 1. The second kappa shape index (κ2) is 12.7. The fourth-order valence-corrected chi connectivity index (χ4v) is 11.6. The Kier molecular flexibility index (Phi) is 8.20. The Hall–Kier alpha value is -4.74. The van der Waals surface area contributed by atoms with Crippen LogP contribution in [0, 0.1) is 0 Å². The van der Waals surface area contributed by atoms with E-state index < -0.39 is 8.07 Å². The van der Waals surface area contributed by atoms with Crippen LogP contribution in [0.15, 0.2) is 102 Å². The van der Waals surface area contributed by atoms with Gasteiger partial charge in [0, 0.05) is 33.5 Å². The molecule has 54 heavy (non-hydrogen) atoms. The van der Waals surface area contributed by atoms with Gasteiger partial charge in [0.15, 0.2) is 28.9 Å². The summed E-state index contributed by atoms with van der Waals surface area (Å²) in [5.41, 5.74) is 15.2. The average Bonchev–Trinajstić information content (AvgIpc) is 3.69. The molecule has 0 radical (unpaired) electrons. The molecular formula is C49H55N3OSi+2. The lowest BCUT2D eigenvalue weighted by Gasteiger charge is -2.34. The molecule has 0 bridgehead atoms. The van der Waals surface area contributed by atoms with E-state index in [2.05, 4.69) is 166 Å². The fourth-order valence-electron chi connectivity index (χ4n) is 9.84. The molecule has 7 aromatic rings. The van der Waals surface area contributed by atoms with Crippen molar-refractivity contribution in [3.63, 3.8) is 0 Å². The van der Waals surface area contributed by atoms with Crippen LogP contribution in [0.1, 0.15) is 106 Å². The molecule has 2 aliphatic heterocycles. The molecule has 2 aliphatic rings. The van der Waals surface area contributed by atoms with Gasteiger partial charge in [-0.1, -0.05) is 109 Å². The first kappa shape index (κ1) is 35.0. The minimum absolute atomic E-state index is 0.219. The van der Waals surface area contributed by atoms with Gasteiger partial charge < -0.3 is 4.42 Å². The first-order chi connectivity index (χ1) is 25.8. The number of aromatic nitrogens is 3. The van der Waals surface area contributed by atoms with E-state index in [9.17, 15) is 0 Å². The predicted octanol–water partition coefficient (Wildman–Crippen LogP) is 12.0. The third kappa shape index (κ3) is 5.29. The summed E-state index contributed by atoms with van der Waals surface area (Å²) in [4.78, 5) is 0. The van der Waals surface area contributed by atoms with Gasteiger partial charge in [-0.3, -0.25) is 0 Å². The number of imidazole rings is 1. The number of aryl methyl sites for hydroxylation is 1. The molecule has 5 heterocycles. The quantitative estimate of drug-likeness (QED) is 0.131. The third-order valence-corrected chi connectivity index (χ3v) is 14.5. The summed E-state index contributed by atoms with van der Waals surface area (Å²) in [6.45, 7) is 26.6. The molecule has 0 N–H and O–H groups in total. The molecule has 0 fully saturated rings. The number of allylic oxidation sites excluding steroid dienone is 1. The Bertz CT molecular complexity index is 2650. The molecule has 0 spiro atoms. The highest BCUT2D eigenvalue weighted by atomic mass is 28.3. The molecule has 4 aromatic carbocycles. The molecule has 0 amide bonds. The number of fused-ring (bicyclic) bond motifs is 15. The van der Waals surface area contributed by atoms with Crippen LogP contribution in [0.2, 0.25) is 19.6 Å². The Labute approximate surface area is 321 Å². The summed E-state index contributed by atoms with van der Waals surface area (Å²) in [6.07, 6.45) is 5.42. The normalized spacial score (nSPS) is 17.3. The van der Waals surface area contributed by atoms with Crippen molar-refractivity contribution in [2.24, 2.45) is 0 Å². The molecule has 0 aliphatic carbocycles. The zero-order valence-corrected chi connectivity index (χ0v) is 34.6. The van der Waals surface area contributed by atoms with E-state index in [4.69, 9.17) is 11.0 Å². The lowest BCUT2D eigenvalue weighted by atomic mass is 9.76. The van der Waals surface area contributed by atoms with Crippen LogP contribution in [0.5, 0.6) is 0 Å². The number of rotatable bonds is 4. The standard InChI is InChI=1S/C49H55N3OSi/c1-29(2)34-21-23-36-40(26-34)35-22-19-33-20-24-38-37-15-11-14-18-45(37)53-48(38)47(33)49-51(31(5)6)41-16-12-13-17-42(41)52(49)32(7)25-43(35)50-28-46(54(8,9)10)39(30(3)4)27-44(36)50/h11-18,20-21,23-24,26-31,35,43H,7,19,22,25H2,1-6,8-10H3/q+2. The van der Waals surface area contributed by atoms with Crippen molar-refractivity contribution in [1.82, 2.24) is 4.57 Å². The van der Waals surface area contributed by atoms with Gasteiger partial charge in [0.05, 0.1) is 20.5 Å². The molecule has 2 unspecified atom stereocenters. The topological polar surface area (TPSA) is 25.8 Å². The number of pyridine rings is 1. The highest BCUT2D eigenvalue weighted by molar-refractivity contribution is 6.89. The molecule has 274 valence electrons. The zero-order valence-electron chi connectivity index (χ0n) is 33.6. The van der Waals surface area contributed by atoms with E-state index in [0.717, 1.165) is 36.1 Å². The number of benzene rings is 4. The Morgan fingerprint density at radius 2 is 1.59 bits per heavy atom. The van der Waals surface area contributed by atoms with Gasteiger partial charge in [0.25, 0.3) is 5.82 Å². The van der Waals surface area contributed by atoms with E-state index in [-0.39, 0.29) is 12.1 Å². The van der Waals surface area contributed by atoms with E-state index in [1.807, 2.05) is 0 Å². The van der Waals surface area contributed by atoms with Crippen LogP contribution < -0.4 is 14.3 Å². The fraction of sp³-hybridized carbons (Fsp3) is 0.347. The van der Waals surface area contributed by atoms with Crippen molar-refractivity contribution in [3.05, 3.63) is 120 Å². The smallest absolute Gasteiger partial charge is 0.299 e. The summed E-state index contributed by atoms with van der Waals surface area (Å²) in [7, 11) is -1.68. The minimum atomic E-state index is -1.68. The van der Waals surface area contributed by atoms with Gasteiger partial charge >= 0.3 is 0 Å². The van der Waals surface area contributed by atoms with Crippen molar-refractivity contribution in [3.8, 4) is 22.6 Å². The molecule has 0 saturated carbocycles. The minimum Gasteiger partial charge on any atom is -0.455 e. The molecule has 0 saturated heterocycles. The highest BCUT2D eigenvalue weighted by Crippen LogP contribution is 2.48. The summed E-state index contributed by atoms with van der Waals surface area (Å²) in [5.74, 6) is 2.41. The molecule has 3 aromatic heterocycles. The maximum absolute atomic E-state index is 6.91. The van der Waals surface area contributed by atoms with Gasteiger partial charge in [0.1, 0.15) is 16.8 Å². The van der Waals surface area contributed by atoms with Gasteiger partial charge in [-0.25, -0.2) is 4.57 Å². The largest absolute Gasteiger partial charge is 0.455 e. The SMILES string of the molecule is C=C1CC2C(CCc3ccc4c(oc5ccccc54)c3-c3n1c1ccccc1[n+]3C(C)C)c1cc(C(C)C)ccc1-c1cc(C(C)C)c([Si](C)(C)C)c[n+]12. The summed E-state index contributed by atoms with van der Waals surface area (Å²) < 4.78 is 14.7. The van der Waals surface area contributed by atoms with Crippen LogP contribution in [0.3, 0.4) is 0 Å². The maximum atomic E-state index is 6.91. The van der Waals surface area contributed by atoms with Gasteiger partial charge in [-0.2, -0.15) is 9.13 Å². The van der Waals surface area contributed by atoms with Crippen LogP contribution >= 0.6 is 0 Å². The number of furan rings is 1. The van der Waals surface area contributed by atoms with Crippen LogP contribution in [-0.4, -0.2) is 12.6 Å². The average molecular weight is 730 g/mol. The Balaban J connectivity index is 1.37. The summed E-state index contributed by atoms with van der Waals surface area (Å²) >= 11 is 0.